The van der Waals surface area contributed by atoms with Gasteiger partial charge >= 0.3 is 0 Å². The number of rotatable bonds is 7. The van der Waals surface area contributed by atoms with Crippen LogP contribution in [0.5, 0.6) is 0 Å². The summed E-state index contributed by atoms with van der Waals surface area (Å²) in [7, 11) is 1.72. The summed E-state index contributed by atoms with van der Waals surface area (Å²) in [5.74, 6) is 0.940. The zero-order chi connectivity index (χ0) is 12.8. The molecule has 0 aliphatic rings. The van der Waals surface area contributed by atoms with E-state index in [0.717, 1.165) is 37.8 Å². The zero-order valence-corrected chi connectivity index (χ0v) is 11.7. The lowest BCUT2D eigenvalue weighted by molar-refractivity contribution is 0.197. The number of nitrogens with zero attached hydrogens (tertiary/aromatic N) is 2. The molecule has 4 nitrogen and oxygen atoms in total. The van der Waals surface area contributed by atoms with Crippen molar-refractivity contribution in [2.45, 2.75) is 19.9 Å². The molecule has 0 aliphatic carbocycles. The minimum Gasteiger partial charge on any atom is -0.385 e. The Balaban J connectivity index is 1.96. The molecule has 98 valence electrons. The van der Waals surface area contributed by atoms with Gasteiger partial charge in [-0.05, 0) is 35.7 Å². The number of nitrogens with one attached hydrogen (secondary N) is 1. The fourth-order valence-electron chi connectivity index (χ4n) is 1.80. The van der Waals surface area contributed by atoms with Crippen molar-refractivity contribution in [3.05, 3.63) is 34.3 Å². The first-order valence-corrected chi connectivity index (χ1v) is 7.01. The third-order valence-corrected chi connectivity index (χ3v) is 3.37. The van der Waals surface area contributed by atoms with E-state index in [-0.39, 0.29) is 0 Å². The predicted octanol–water partition coefficient (Wildman–Crippen LogP) is 2.75. The molecule has 2 aromatic heterocycles. The molecule has 0 atom stereocenters. The van der Waals surface area contributed by atoms with Crippen molar-refractivity contribution < 1.29 is 4.74 Å². The first-order valence-electron chi connectivity index (χ1n) is 6.07. The Hall–Kier alpha value is -1.33. The van der Waals surface area contributed by atoms with Crippen molar-refractivity contribution >= 4 is 17.3 Å². The number of hydrogen-bond donors (Lipinski definition) is 1. The fourth-order valence-corrected chi connectivity index (χ4v) is 2.46. The van der Waals surface area contributed by atoms with Crippen LogP contribution < -0.4 is 5.32 Å². The van der Waals surface area contributed by atoms with Gasteiger partial charge < -0.3 is 14.6 Å². The highest BCUT2D eigenvalue weighted by atomic mass is 32.1. The van der Waals surface area contributed by atoms with E-state index in [4.69, 9.17) is 4.74 Å². The van der Waals surface area contributed by atoms with E-state index in [1.165, 1.54) is 5.56 Å². The Kier molecular flexibility index (Phi) is 4.78. The summed E-state index contributed by atoms with van der Waals surface area (Å²) >= 11 is 1.73. The maximum absolute atomic E-state index is 5.03. The van der Waals surface area contributed by atoms with Gasteiger partial charge in [-0.1, -0.05) is 0 Å². The molecule has 0 unspecified atom stereocenters. The number of anilines is 1. The predicted molar refractivity (Wildman–Crippen MR) is 75.4 cm³/mol. The second-order valence-electron chi connectivity index (χ2n) is 4.24. The summed E-state index contributed by atoms with van der Waals surface area (Å²) < 4.78 is 7.19. The normalized spacial score (nSPS) is 10.8. The van der Waals surface area contributed by atoms with Gasteiger partial charge in [0.1, 0.15) is 0 Å². The first kappa shape index (κ1) is 13.1. The fraction of sp³-hybridized carbons (Fsp3) is 0.462. The average Bonchev–Trinajstić information content (AvgIpc) is 2.96. The topological polar surface area (TPSA) is 39.1 Å². The molecule has 2 aromatic rings. The molecule has 2 rings (SSSR count). The van der Waals surface area contributed by atoms with Crippen LogP contribution in [0.1, 0.15) is 17.7 Å². The molecule has 0 bridgehead atoms. The molecule has 5 heteroatoms. The van der Waals surface area contributed by atoms with Gasteiger partial charge in [-0.3, -0.25) is 0 Å². The summed E-state index contributed by atoms with van der Waals surface area (Å²) in [4.78, 5) is 4.50. The molecule has 0 spiro atoms. The van der Waals surface area contributed by atoms with Crippen molar-refractivity contribution in [1.29, 1.82) is 0 Å². The lowest BCUT2D eigenvalue weighted by Gasteiger charge is -2.08. The van der Waals surface area contributed by atoms with E-state index >= 15 is 0 Å². The number of ether oxygens (including phenoxy) is 1. The maximum atomic E-state index is 5.03. The molecule has 0 radical (unpaired) electrons. The van der Waals surface area contributed by atoms with E-state index in [9.17, 15) is 0 Å². The number of imidazole rings is 1. The molecule has 0 saturated carbocycles. The molecule has 18 heavy (non-hydrogen) atoms. The highest BCUT2D eigenvalue weighted by molar-refractivity contribution is 7.07. The van der Waals surface area contributed by atoms with E-state index in [0.29, 0.717) is 0 Å². The minimum atomic E-state index is 0.775. The third-order valence-electron chi connectivity index (χ3n) is 2.64. The van der Waals surface area contributed by atoms with Crippen LogP contribution in [0.3, 0.4) is 0 Å². The Bertz CT molecular complexity index is 465. The average molecular weight is 265 g/mol. The lowest BCUT2D eigenvalue weighted by Crippen LogP contribution is -2.10. The largest absolute Gasteiger partial charge is 0.385 e. The highest BCUT2D eigenvalue weighted by Gasteiger charge is 2.05. The Labute approximate surface area is 112 Å². The quantitative estimate of drug-likeness (QED) is 0.782. The summed E-state index contributed by atoms with van der Waals surface area (Å²) in [5, 5.41) is 7.63. The van der Waals surface area contributed by atoms with E-state index < -0.39 is 0 Å². The van der Waals surface area contributed by atoms with Crippen molar-refractivity contribution in [3.8, 4) is 0 Å². The SMILES string of the molecule is COCCCNc1nc(C)cn1Cc1ccsc1. The maximum Gasteiger partial charge on any atom is 0.203 e. The van der Waals surface area contributed by atoms with Crippen LogP contribution in [-0.4, -0.2) is 29.8 Å². The van der Waals surface area contributed by atoms with Gasteiger partial charge in [0.05, 0.1) is 12.2 Å². The smallest absolute Gasteiger partial charge is 0.203 e. The number of methoxy groups -OCH3 is 1. The summed E-state index contributed by atoms with van der Waals surface area (Å²) in [5.41, 5.74) is 2.36. The van der Waals surface area contributed by atoms with Gasteiger partial charge in [-0.2, -0.15) is 11.3 Å². The van der Waals surface area contributed by atoms with E-state index in [1.807, 2.05) is 6.92 Å². The van der Waals surface area contributed by atoms with Crippen LogP contribution >= 0.6 is 11.3 Å². The molecule has 0 aromatic carbocycles. The number of thiophene rings is 1. The van der Waals surface area contributed by atoms with Crippen LogP contribution in [0.15, 0.2) is 23.0 Å². The number of hydrogen-bond acceptors (Lipinski definition) is 4. The molecule has 0 amide bonds. The van der Waals surface area contributed by atoms with Crippen molar-refractivity contribution in [2.75, 3.05) is 25.6 Å². The summed E-state index contributed by atoms with van der Waals surface area (Å²) in [6.07, 6.45) is 3.07. The molecule has 2 heterocycles. The Morgan fingerprint density at radius 1 is 1.50 bits per heavy atom. The van der Waals surface area contributed by atoms with Gasteiger partial charge in [-0.25, -0.2) is 4.98 Å². The molecular weight excluding hydrogens is 246 g/mol. The molecule has 0 saturated heterocycles. The third kappa shape index (κ3) is 3.58. The van der Waals surface area contributed by atoms with Crippen LogP contribution in [0, 0.1) is 6.92 Å². The van der Waals surface area contributed by atoms with Gasteiger partial charge in [0, 0.05) is 26.5 Å². The summed E-state index contributed by atoms with van der Waals surface area (Å²) in [6, 6.07) is 2.15. The number of aryl methyl sites for hydroxylation is 1. The number of aromatic nitrogens is 2. The minimum absolute atomic E-state index is 0.775. The first-order chi connectivity index (χ1) is 8.79. The van der Waals surface area contributed by atoms with E-state index in [2.05, 4.69) is 37.9 Å². The van der Waals surface area contributed by atoms with Gasteiger partial charge in [0.25, 0.3) is 0 Å². The second kappa shape index (κ2) is 6.56. The van der Waals surface area contributed by atoms with Crippen molar-refractivity contribution in [1.82, 2.24) is 9.55 Å². The van der Waals surface area contributed by atoms with Crippen LogP contribution in [-0.2, 0) is 11.3 Å². The highest BCUT2D eigenvalue weighted by Crippen LogP contribution is 2.14. The van der Waals surface area contributed by atoms with Gasteiger partial charge in [-0.15, -0.1) is 0 Å². The Morgan fingerprint density at radius 3 is 3.11 bits per heavy atom. The summed E-state index contributed by atoms with van der Waals surface area (Å²) in [6.45, 7) is 4.55. The Morgan fingerprint density at radius 2 is 2.39 bits per heavy atom. The standard InChI is InChI=1S/C13H19N3OS/c1-11-8-16(9-12-4-7-18-10-12)13(15-11)14-5-3-6-17-2/h4,7-8,10H,3,5-6,9H2,1-2H3,(H,14,15). The molecule has 1 N–H and O–H groups in total. The van der Waals surface area contributed by atoms with Crippen LogP contribution in [0.2, 0.25) is 0 Å². The van der Waals surface area contributed by atoms with Crippen molar-refractivity contribution in [3.63, 3.8) is 0 Å². The lowest BCUT2D eigenvalue weighted by atomic mass is 10.3. The molecule has 0 aliphatic heterocycles. The van der Waals surface area contributed by atoms with E-state index in [1.54, 1.807) is 18.4 Å². The second-order valence-corrected chi connectivity index (χ2v) is 5.02. The molecule has 0 fully saturated rings. The van der Waals surface area contributed by atoms with Gasteiger partial charge in [0.15, 0.2) is 0 Å². The molecular formula is C13H19N3OS. The zero-order valence-electron chi connectivity index (χ0n) is 10.8. The monoisotopic (exact) mass is 265 g/mol. The van der Waals surface area contributed by atoms with Gasteiger partial charge in [0.2, 0.25) is 5.95 Å². The van der Waals surface area contributed by atoms with Crippen LogP contribution in [0.25, 0.3) is 0 Å². The van der Waals surface area contributed by atoms with Crippen molar-refractivity contribution in [2.24, 2.45) is 0 Å². The van der Waals surface area contributed by atoms with Crippen LogP contribution in [0.4, 0.5) is 5.95 Å².